The number of hydrogen-bond acceptors (Lipinski definition) is 8. The van der Waals surface area contributed by atoms with Crippen molar-refractivity contribution in [1.29, 1.82) is 0 Å². The van der Waals surface area contributed by atoms with Crippen molar-refractivity contribution in [3.8, 4) is 0 Å². The smallest absolute Gasteiger partial charge is 0.243 e. The molecule has 8 nitrogen and oxygen atoms in total. The number of aromatic nitrogens is 2. The van der Waals surface area contributed by atoms with E-state index in [1.807, 2.05) is 0 Å². The summed E-state index contributed by atoms with van der Waals surface area (Å²) in [7, 11) is -3.66. The Bertz CT molecular complexity index is 1260. The second kappa shape index (κ2) is 11.3. The molecule has 12 heteroatoms. The summed E-state index contributed by atoms with van der Waals surface area (Å²) in [4.78, 5) is 12.9. The summed E-state index contributed by atoms with van der Waals surface area (Å²) < 4.78 is 41.6. The van der Waals surface area contributed by atoms with Gasteiger partial charge in [0.05, 0.1) is 15.8 Å². The van der Waals surface area contributed by atoms with Gasteiger partial charge in [-0.15, -0.1) is 10.2 Å². The third kappa shape index (κ3) is 6.12. The predicted octanol–water partition coefficient (Wildman–Crippen LogP) is 4.88. The van der Waals surface area contributed by atoms with E-state index in [0.29, 0.717) is 33.8 Å². The van der Waals surface area contributed by atoms with Crippen LogP contribution in [0.1, 0.15) is 26.3 Å². The van der Waals surface area contributed by atoms with E-state index in [4.69, 9.17) is 0 Å². The van der Waals surface area contributed by atoms with Crippen molar-refractivity contribution in [2.45, 2.75) is 42.2 Å². The molecule has 0 spiro atoms. The molecule has 1 amide bonds. The number of amides is 1. The standard InChI is InChI=1S/C22H26FN5O3S3/c1-5-28(6-2)34(30,31)19-13-16(12-11-14(19)3)24-20(29)15(4)32-22-27-26-21(33-22)25-18-10-8-7-9-17(18)23/h7-13,15H,5-6H2,1-4H3,(H,24,29)(H,25,26). The van der Waals surface area contributed by atoms with Gasteiger partial charge in [0.15, 0.2) is 4.34 Å². The number of carbonyl (C=O) groups is 1. The van der Waals surface area contributed by atoms with E-state index in [1.54, 1.807) is 58.0 Å². The second-order valence-electron chi connectivity index (χ2n) is 7.30. The fraction of sp³-hybridized carbons (Fsp3) is 0.318. The highest BCUT2D eigenvalue weighted by Crippen LogP contribution is 2.31. The van der Waals surface area contributed by atoms with Gasteiger partial charge in [-0.05, 0) is 43.7 Å². The number of aryl methyl sites for hydroxylation is 1. The summed E-state index contributed by atoms with van der Waals surface area (Å²) >= 11 is 2.41. The third-order valence-electron chi connectivity index (χ3n) is 4.95. The molecule has 3 aromatic rings. The number of rotatable bonds is 10. The van der Waals surface area contributed by atoms with E-state index in [1.165, 1.54) is 39.5 Å². The van der Waals surface area contributed by atoms with Crippen LogP contribution in [0.5, 0.6) is 0 Å². The fourth-order valence-electron chi connectivity index (χ4n) is 3.09. The molecule has 0 aliphatic carbocycles. The first-order valence-corrected chi connectivity index (χ1v) is 13.7. The second-order valence-corrected chi connectivity index (χ2v) is 11.8. The Balaban J connectivity index is 1.67. The molecule has 34 heavy (non-hydrogen) atoms. The fourth-order valence-corrected chi connectivity index (χ4v) is 6.71. The van der Waals surface area contributed by atoms with Crippen LogP contribution < -0.4 is 10.6 Å². The van der Waals surface area contributed by atoms with Gasteiger partial charge in [0.25, 0.3) is 0 Å². The summed E-state index contributed by atoms with van der Waals surface area (Å²) in [6, 6.07) is 11.1. The van der Waals surface area contributed by atoms with Gasteiger partial charge in [0.1, 0.15) is 5.82 Å². The van der Waals surface area contributed by atoms with Crippen LogP contribution >= 0.6 is 23.1 Å². The first-order chi connectivity index (χ1) is 16.1. The number of sulfonamides is 1. The van der Waals surface area contributed by atoms with Crippen LogP contribution in [0.15, 0.2) is 51.7 Å². The zero-order valence-electron chi connectivity index (χ0n) is 19.2. The summed E-state index contributed by atoms with van der Waals surface area (Å²) in [6.45, 7) is 7.73. The third-order valence-corrected chi connectivity index (χ3v) is 9.16. The van der Waals surface area contributed by atoms with Crippen LogP contribution in [0, 0.1) is 12.7 Å². The molecule has 1 atom stereocenters. The lowest BCUT2D eigenvalue weighted by Gasteiger charge is -2.20. The van der Waals surface area contributed by atoms with Crippen molar-refractivity contribution in [3.63, 3.8) is 0 Å². The molecule has 2 N–H and O–H groups in total. The lowest BCUT2D eigenvalue weighted by atomic mass is 10.2. The summed E-state index contributed by atoms with van der Waals surface area (Å²) in [6.07, 6.45) is 0. The Morgan fingerprint density at radius 1 is 1.18 bits per heavy atom. The van der Waals surface area contributed by atoms with Crippen molar-refractivity contribution in [1.82, 2.24) is 14.5 Å². The molecule has 1 unspecified atom stereocenters. The minimum Gasteiger partial charge on any atom is -0.328 e. The molecule has 0 radical (unpaired) electrons. The molecule has 3 rings (SSSR count). The highest BCUT2D eigenvalue weighted by atomic mass is 32.2. The average Bonchev–Trinajstić information content (AvgIpc) is 3.23. The number of anilines is 3. The van der Waals surface area contributed by atoms with Crippen LogP contribution in [0.25, 0.3) is 0 Å². The van der Waals surface area contributed by atoms with Crippen molar-refractivity contribution >= 4 is 55.5 Å². The highest BCUT2D eigenvalue weighted by Gasteiger charge is 2.25. The number of benzene rings is 2. The largest absolute Gasteiger partial charge is 0.328 e. The molecule has 1 aromatic heterocycles. The van der Waals surface area contributed by atoms with Gasteiger partial charge in [0.2, 0.25) is 21.1 Å². The Labute approximate surface area is 207 Å². The minimum atomic E-state index is -3.66. The molecule has 0 saturated heterocycles. The normalized spacial score (nSPS) is 12.5. The van der Waals surface area contributed by atoms with E-state index < -0.39 is 21.1 Å². The first-order valence-electron chi connectivity index (χ1n) is 10.6. The van der Waals surface area contributed by atoms with Gasteiger partial charge in [-0.3, -0.25) is 4.79 Å². The summed E-state index contributed by atoms with van der Waals surface area (Å²) in [5.41, 5.74) is 1.29. The zero-order valence-corrected chi connectivity index (χ0v) is 21.7. The van der Waals surface area contributed by atoms with Gasteiger partial charge in [0, 0.05) is 18.8 Å². The van der Waals surface area contributed by atoms with Gasteiger partial charge in [-0.25, -0.2) is 12.8 Å². The Morgan fingerprint density at radius 2 is 1.88 bits per heavy atom. The molecule has 0 aliphatic rings. The molecular formula is C22H26FN5O3S3. The topological polar surface area (TPSA) is 104 Å². The molecule has 182 valence electrons. The molecule has 0 aliphatic heterocycles. The SMILES string of the molecule is CCN(CC)S(=O)(=O)c1cc(NC(=O)C(C)Sc2nnc(Nc3ccccc3F)s2)ccc1C. The Hall–Kier alpha value is -2.54. The van der Waals surface area contributed by atoms with Crippen molar-refractivity contribution in [2.75, 3.05) is 23.7 Å². The van der Waals surface area contributed by atoms with E-state index in [0.717, 1.165) is 0 Å². The molecular weight excluding hydrogens is 497 g/mol. The van der Waals surface area contributed by atoms with Crippen molar-refractivity contribution in [3.05, 3.63) is 53.8 Å². The molecule has 0 saturated carbocycles. The predicted molar refractivity (Wildman–Crippen MR) is 135 cm³/mol. The highest BCUT2D eigenvalue weighted by molar-refractivity contribution is 8.02. The molecule has 0 fully saturated rings. The van der Waals surface area contributed by atoms with Crippen LogP contribution in [0.2, 0.25) is 0 Å². The van der Waals surface area contributed by atoms with Crippen LogP contribution in [-0.2, 0) is 14.8 Å². The molecule has 0 bridgehead atoms. The number of para-hydroxylation sites is 1. The quantitative estimate of drug-likeness (QED) is 0.365. The van der Waals surface area contributed by atoms with E-state index in [-0.39, 0.29) is 16.5 Å². The monoisotopic (exact) mass is 523 g/mol. The van der Waals surface area contributed by atoms with E-state index in [2.05, 4.69) is 20.8 Å². The number of carbonyl (C=O) groups excluding carboxylic acids is 1. The average molecular weight is 524 g/mol. The maximum absolute atomic E-state index is 13.8. The van der Waals surface area contributed by atoms with Crippen LogP contribution in [0.3, 0.4) is 0 Å². The van der Waals surface area contributed by atoms with Gasteiger partial charge >= 0.3 is 0 Å². The van der Waals surface area contributed by atoms with Gasteiger partial charge in [-0.1, -0.05) is 55.1 Å². The Kier molecular flexibility index (Phi) is 8.63. The number of hydrogen-bond donors (Lipinski definition) is 2. The van der Waals surface area contributed by atoms with Crippen LogP contribution in [0.4, 0.5) is 20.9 Å². The van der Waals surface area contributed by atoms with Gasteiger partial charge in [-0.2, -0.15) is 4.31 Å². The first kappa shape index (κ1) is 26.1. The minimum absolute atomic E-state index is 0.169. The maximum Gasteiger partial charge on any atom is 0.243 e. The maximum atomic E-state index is 13.8. The van der Waals surface area contributed by atoms with Crippen LogP contribution in [-0.4, -0.2) is 47.2 Å². The lowest BCUT2D eigenvalue weighted by molar-refractivity contribution is -0.115. The summed E-state index contributed by atoms with van der Waals surface area (Å²) in [5.74, 6) is -0.709. The number of nitrogens with zero attached hydrogens (tertiary/aromatic N) is 3. The van der Waals surface area contributed by atoms with Crippen molar-refractivity contribution < 1.29 is 17.6 Å². The number of halogens is 1. The molecule has 2 aromatic carbocycles. The van der Waals surface area contributed by atoms with Gasteiger partial charge < -0.3 is 10.6 Å². The summed E-state index contributed by atoms with van der Waals surface area (Å²) in [5, 5.41) is 13.6. The molecule has 1 heterocycles. The number of thioether (sulfide) groups is 1. The van der Waals surface area contributed by atoms with E-state index in [9.17, 15) is 17.6 Å². The Morgan fingerprint density at radius 3 is 2.56 bits per heavy atom. The van der Waals surface area contributed by atoms with E-state index >= 15 is 0 Å². The zero-order chi connectivity index (χ0) is 24.9. The lowest BCUT2D eigenvalue weighted by Crippen LogP contribution is -2.31. The number of nitrogens with one attached hydrogen (secondary N) is 2. The van der Waals surface area contributed by atoms with Crippen molar-refractivity contribution in [2.24, 2.45) is 0 Å².